The molecule has 0 amide bonds. The van der Waals surface area contributed by atoms with E-state index < -0.39 is 0 Å². The standard InChI is InChI=1S/C12H22BrN3O/c1-5-7-16-12(10(13)8-15-16)11(14-6-2)9(3)17-4/h8-9,11,14H,5-7H2,1-4H3. The maximum absolute atomic E-state index is 5.45. The molecule has 1 rings (SSSR count). The molecular formula is C12H22BrN3O. The number of rotatable bonds is 7. The predicted molar refractivity (Wildman–Crippen MR) is 73.1 cm³/mol. The Bertz CT molecular complexity index is 340. The van der Waals surface area contributed by atoms with Crippen molar-refractivity contribution < 1.29 is 4.74 Å². The lowest BCUT2D eigenvalue weighted by atomic mass is 10.1. The molecule has 0 bridgehead atoms. The first-order chi connectivity index (χ1) is 8.15. The third kappa shape index (κ3) is 3.53. The summed E-state index contributed by atoms with van der Waals surface area (Å²) in [5, 5.41) is 7.86. The quantitative estimate of drug-likeness (QED) is 0.842. The van der Waals surface area contributed by atoms with Gasteiger partial charge in [0.2, 0.25) is 0 Å². The largest absolute Gasteiger partial charge is 0.380 e. The lowest BCUT2D eigenvalue weighted by Crippen LogP contribution is -2.33. The predicted octanol–water partition coefficient (Wildman–Crippen LogP) is 2.74. The molecule has 0 aliphatic carbocycles. The van der Waals surface area contributed by atoms with Gasteiger partial charge >= 0.3 is 0 Å². The van der Waals surface area contributed by atoms with Crippen LogP contribution in [-0.2, 0) is 11.3 Å². The van der Waals surface area contributed by atoms with E-state index in [1.807, 2.05) is 10.9 Å². The molecule has 5 heteroatoms. The van der Waals surface area contributed by atoms with E-state index in [0.29, 0.717) is 0 Å². The van der Waals surface area contributed by atoms with Gasteiger partial charge in [-0.25, -0.2) is 0 Å². The van der Waals surface area contributed by atoms with E-state index in [1.54, 1.807) is 7.11 Å². The number of nitrogens with one attached hydrogen (secondary N) is 1. The number of ether oxygens (including phenoxy) is 1. The van der Waals surface area contributed by atoms with Crippen LogP contribution in [0.25, 0.3) is 0 Å². The molecule has 0 aromatic carbocycles. The first-order valence-corrected chi connectivity index (χ1v) is 6.92. The molecule has 2 unspecified atom stereocenters. The molecule has 1 heterocycles. The number of nitrogens with zero attached hydrogens (tertiary/aromatic N) is 2. The van der Waals surface area contributed by atoms with Crippen LogP contribution in [0.4, 0.5) is 0 Å². The number of halogens is 1. The van der Waals surface area contributed by atoms with Crippen molar-refractivity contribution in [1.29, 1.82) is 0 Å². The van der Waals surface area contributed by atoms with Gasteiger partial charge in [-0.15, -0.1) is 0 Å². The Labute approximate surface area is 112 Å². The van der Waals surface area contributed by atoms with Gasteiger partial charge in [0.15, 0.2) is 0 Å². The summed E-state index contributed by atoms with van der Waals surface area (Å²) in [7, 11) is 1.74. The average molecular weight is 304 g/mol. The Balaban J connectivity index is 3.02. The minimum Gasteiger partial charge on any atom is -0.380 e. The molecule has 1 aromatic rings. The van der Waals surface area contributed by atoms with Crippen molar-refractivity contribution in [2.24, 2.45) is 0 Å². The van der Waals surface area contributed by atoms with Crippen LogP contribution in [0.5, 0.6) is 0 Å². The minimum atomic E-state index is 0.110. The summed E-state index contributed by atoms with van der Waals surface area (Å²) in [5.41, 5.74) is 1.17. The molecule has 0 saturated heterocycles. The molecule has 4 nitrogen and oxygen atoms in total. The van der Waals surface area contributed by atoms with Crippen LogP contribution in [0, 0.1) is 0 Å². The average Bonchev–Trinajstić information content (AvgIpc) is 2.67. The van der Waals surface area contributed by atoms with Gasteiger partial charge in [0.05, 0.1) is 28.5 Å². The van der Waals surface area contributed by atoms with Crippen LogP contribution in [0.2, 0.25) is 0 Å². The fourth-order valence-electron chi connectivity index (χ4n) is 1.91. The normalized spacial score (nSPS) is 14.9. The second-order valence-electron chi connectivity index (χ2n) is 4.08. The van der Waals surface area contributed by atoms with Crippen molar-refractivity contribution >= 4 is 15.9 Å². The van der Waals surface area contributed by atoms with Gasteiger partial charge in [0, 0.05) is 13.7 Å². The molecule has 0 aliphatic rings. The van der Waals surface area contributed by atoms with Crippen molar-refractivity contribution in [3.63, 3.8) is 0 Å². The highest BCUT2D eigenvalue weighted by molar-refractivity contribution is 9.10. The van der Waals surface area contributed by atoms with Gasteiger partial charge in [0.1, 0.15) is 0 Å². The van der Waals surface area contributed by atoms with Gasteiger partial charge in [-0.1, -0.05) is 13.8 Å². The van der Waals surface area contributed by atoms with E-state index in [-0.39, 0.29) is 12.1 Å². The van der Waals surface area contributed by atoms with Crippen LogP contribution >= 0.6 is 15.9 Å². The van der Waals surface area contributed by atoms with Crippen LogP contribution in [-0.4, -0.2) is 29.5 Å². The van der Waals surface area contributed by atoms with Crippen LogP contribution in [0.3, 0.4) is 0 Å². The first-order valence-electron chi connectivity index (χ1n) is 6.13. The number of likely N-dealkylation sites (N-methyl/N-ethyl adjacent to an activating group) is 1. The van der Waals surface area contributed by atoms with E-state index in [4.69, 9.17) is 4.74 Å². The Hall–Kier alpha value is -0.390. The van der Waals surface area contributed by atoms with Crippen molar-refractivity contribution in [1.82, 2.24) is 15.1 Å². The highest BCUT2D eigenvalue weighted by atomic mass is 79.9. The van der Waals surface area contributed by atoms with Crippen LogP contribution in [0.1, 0.15) is 38.9 Å². The number of hydrogen-bond acceptors (Lipinski definition) is 3. The van der Waals surface area contributed by atoms with E-state index >= 15 is 0 Å². The Kier molecular flexibility index (Phi) is 6.16. The summed E-state index contributed by atoms with van der Waals surface area (Å²) in [4.78, 5) is 0. The topological polar surface area (TPSA) is 39.1 Å². The van der Waals surface area contributed by atoms with Gasteiger partial charge in [-0.05, 0) is 35.8 Å². The number of hydrogen-bond donors (Lipinski definition) is 1. The summed E-state index contributed by atoms with van der Waals surface area (Å²) in [6.07, 6.45) is 3.04. The fourth-order valence-corrected chi connectivity index (χ4v) is 2.45. The molecule has 17 heavy (non-hydrogen) atoms. The molecule has 0 aliphatic heterocycles. The smallest absolute Gasteiger partial charge is 0.0766 e. The molecule has 0 radical (unpaired) electrons. The van der Waals surface area contributed by atoms with Crippen molar-refractivity contribution in [2.45, 2.75) is 45.9 Å². The molecule has 1 N–H and O–H groups in total. The second-order valence-corrected chi connectivity index (χ2v) is 4.93. The molecule has 0 saturated carbocycles. The van der Waals surface area contributed by atoms with E-state index in [9.17, 15) is 0 Å². The summed E-state index contributed by atoms with van der Waals surface area (Å²) >= 11 is 3.58. The number of aromatic nitrogens is 2. The van der Waals surface area contributed by atoms with E-state index in [0.717, 1.165) is 24.0 Å². The fraction of sp³-hybridized carbons (Fsp3) is 0.750. The minimum absolute atomic E-state index is 0.110. The van der Waals surface area contributed by atoms with Crippen molar-refractivity contribution in [2.75, 3.05) is 13.7 Å². The zero-order valence-electron chi connectivity index (χ0n) is 11.0. The zero-order chi connectivity index (χ0) is 12.8. The van der Waals surface area contributed by atoms with Crippen LogP contribution in [0.15, 0.2) is 10.7 Å². The van der Waals surface area contributed by atoms with Crippen LogP contribution < -0.4 is 5.32 Å². The third-order valence-corrected chi connectivity index (χ3v) is 3.44. The third-order valence-electron chi connectivity index (χ3n) is 2.83. The van der Waals surface area contributed by atoms with Gasteiger partial charge < -0.3 is 10.1 Å². The molecule has 98 valence electrons. The second kappa shape index (κ2) is 7.13. The molecule has 0 fully saturated rings. The molecule has 1 aromatic heterocycles. The van der Waals surface area contributed by atoms with Crippen molar-refractivity contribution in [3.05, 3.63) is 16.4 Å². The van der Waals surface area contributed by atoms with Crippen molar-refractivity contribution in [3.8, 4) is 0 Å². The van der Waals surface area contributed by atoms with Gasteiger partial charge in [-0.2, -0.15) is 5.10 Å². The summed E-state index contributed by atoms with van der Waals surface area (Å²) < 4.78 is 8.54. The number of methoxy groups -OCH3 is 1. The lowest BCUT2D eigenvalue weighted by molar-refractivity contribution is 0.0802. The Morgan fingerprint density at radius 3 is 2.76 bits per heavy atom. The Morgan fingerprint density at radius 2 is 2.24 bits per heavy atom. The highest BCUT2D eigenvalue weighted by Crippen LogP contribution is 2.27. The molecule has 2 atom stereocenters. The maximum atomic E-state index is 5.45. The zero-order valence-corrected chi connectivity index (χ0v) is 12.6. The monoisotopic (exact) mass is 303 g/mol. The summed E-state index contributed by atoms with van der Waals surface area (Å²) in [5.74, 6) is 0. The van der Waals surface area contributed by atoms with E-state index in [2.05, 4.69) is 47.1 Å². The van der Waals surface area contributed by atoms with Gasteiger partial charge in [0.25, 0.3) is 0 Å². The summed E-state index contributed by atoms with van der Waals surface area (Å²) in [6.45, 7) is 8.16. The Morgan fingerprint density at radius 1 is 1.53 bits per heavy atom. The van der Waals surface area contributed by atoms with E-state index in [1.165, 1.54) is 5.69 Å². The number of aryl methyl sites for hydroxylation is 1. The lowest BCUT2D eigenvalue weighted by Gasteiger charge is -2.25. The first kappa shape index (κ1) is 14.7. The molecule has 0 spiro atoms. The van der Waals surface area contributed by atoms with Gasteiger partial charge in [-0.3, -0.25) is 4.68 Å². The molecular weight excluding hydrogens is 282 g/mol. The highest BCUT2D eigenvalue weighted by Gasteiger charge is 2.24. The SMILES string of the molecule is CCCn1ncc(Br)c1C(NCC)C(C)OC. The maximum Gasteiger partial charge on any atom is 0.0766 e. The summed E-state index contributed by atoms with van der Waals surface area (Å²) in [6, 6.07) is 0.161.